The molecular formula is C17H14ClFN2. The Hall–Kier alpha value is -1.97. The zero-order valence-corrected chi connectivity index (χ0v) is 12.1. The highest BCUT2D eigenvalue weighted by Gasteiger charge is 2.02. The number of hydrogen-bond donors (Lipinski definition) is 1. The second-order valence-corrected chi connectivity index (χ2v) is 5.27. The summed E-state index contributed by atoms with van der Waals surface area (Å²) < 4.78 is 13.1. The Morgan fingerprint density at radius 3 is 2.86 bits per heavy atom. The molecule has 1 aromatic heterocycles. The fraction of sp³-hybridized carbons (Fsp3) is 0.118. The van der Waals surface area contributed by atoms with E-state index in [2.05, 4.69) is 16.4 Å². The molecule has 0 amide bonds. The molecule has 2 aromatic carbocycles. The van der Waals surface area contributed by atoms with Gasteiger partial charge in [0.1, 0.15) is 5.82 Å². The van der Waals surface area contributed by atoms with E-state index in [1.807, 2.05) is 24.4 Å². The minimum atomic E-state index is -0.387. The van der Waals surface area contributed by atoms with E-state index in [0.717, 1.165) is 17.5 Å². The van der Waals surface area contributed by atoms with E-state index in [-0.39, 0.29) is 10.8 Å². The summed E-state index contributed by atoms with van der Waals surface area (Å²) in [5.74, 6) is -0.387. The van der Waals surface area contributed by atoms with Crippen molar-refractivity contribution in [1.82, 2.24) is 10.3 Å². The third-order valence-electron chi connectivity index (χ3n) is 3.40. The molecule has 2 nitrogen and oxygen atoms in total. The van der Waals surface area contributed by atoms with E-state index in [9.17, 15) is 4.39 Å². The summed E-state index contributed by atoms with van der Waals surface area (Å²) in [7, 11) is 0. The largest absolute Gasteiger partial charge is 0.309 e. The fourth-order valence-corrected chi connectivity index (χ4v) is 2.54. The molecule has 0 unspecified atom stereocenters. The van der Waals surface area contributed by atoms with Crippen molar-refractivity contribution in [1.29, 1.82) is 0 Å². The molecule has 0 fully saturated rings. The summed E-state index contributed by atoms with van der Waals surface area (Å²) in [5.41, 5.74) is 2.17. The molecule has 0 saturated carbocycles. The Kier molecular flexibility index (Phi) is 4.13. The zero-order chi connectivity index (χ0) is 14.7. The molecule has 21 heavy (non-hydrogen) atoms. The molecule has 1 N–H and O–H groups in total. The number of fused-ring (bicyclic) bond motifs is 1. The summed E-state index contributed by atoms with van der Waals surface area (Å²) in [5, 5.41) is 5.83. The van der Waals surface area contributed by atoms with E-state index in [0.29, 0.717) is 6.54 Å². The highest BCUT2D eigenvalue weighted by Crippen LogP contribution is 2.18. The van der Waals surface area contributed by atoms with Crippen molar-refractivity contribution in [2.75, 3.05) is 0 Å². The van der Waals surface area contributed by atoms with Gasteiger partial charge in [0.2, 0.25) is 0 Å². The summed E-state index contributed by atoms with van der Waals surface area (Å²) in [4.78, 5) is 4.13. The molecule has 106 valence electrons. The van der Waals surface area contributed by atoms with Crippen LogP contribution in [0.5, 0.6) is 0 Å². The van der Waals surface area contributed by atoms with Crippen molar-refractivity contribution >= 4 is 22.4 Å². The average molecular weight is 301 g/mol. The van der Waals surface area contributed by atoms with Crippen LogP contribution in [0.2, 0.25) is 5.02 Å². The Labute approximate surface area is 127 Å². The third-order valence-corrected chi connectivity index (χ3v) is 3.69. The van der Waals surface area contributed by atoms with Gasteiger partial charge in [-0.2, -0.15) is 0 Å². The predicted molar refractivity (Wildman–Crippen MR) is 83.7 cm³/mol. The van der Waals surface area contributed by atoms with E-state index in [4.69, 9.17) is 11.6 Å². The number of hydrogen-bond acceptors (Lipinski definition) is 2. The van der Waals surface area contributed by atoms with Crippen LogP contribution in [0.25, 0.3) is 10.8 Å². The van der Waals surface area contributed by atoms with Crippen molar-refractivity contribution in [2.24, 2.45) is 0 Å². The van der Waals surface area contributed by atoms with Crippen LogP contribution >= 0.6 is 11.6 Å². The summed E-state index contributed by atoms with van der Waals surface area (Å²) in [6.45, 7) is 1.37. The van der Waals surface area contributed by atoms with Gasteiger partial charge in [0.25, 0.3) is 0 Å². The molecular weight excluding hydrogens is 287 g/mol. The van der Waals surface area contributed by atoms with Gasteiger partial charge in [-0.3, -0.25) is 4.98 Å². The average Bonchev–Trinajstić information content (AvgIpc) is 2.51. The van der Waals surface area contributed by atoms with E-state index < -0.39 is 0 Å². The van der Waals surface area contributed by atoms with E-state index in [1.54, 1.807) is 18.3 Å². The van der Waals surface area contributed by atoms with Crippen molar-refractivity contribution in [2.45, 2.75) is 13.1 Å². The lowest BCUT2D eigenvalue weighted by Crippen LogP contribution is -2.13. The number of pyridine rings is 1. The van der Waals surface area contributed by atoms with Crippen molar-refractivity contribution in [3.05, 3.63) is 76.8 Å². The molecule has 1 heterocycles. The molecule has 0 saturated heterocycles. The minimum absolute atomic E-state index is 0.158. The van der Waals surface area contributed by atoms with Crippen LogP contribution in [0.4, 0.5) is 4.39 Å². The van der Waals surface area contributed by atoms with Crippen LogP contribution in [-0.2, 0) is 13.1 Å². The Morgan fingerprint density at radius 1 is 1.10 bits per heavy atom. The quantitative estimate of drug-likeness (QED) is 0.776. The Morgan fingerprint density at radius 2 is 2.00 bits per heavy atom. The van der Waals surface area contributed by atoms with Gasteiger partial charge < -0.3 is 5.32 Å². The number of aromatic nitrogens is 1. The maximum Gasteiger partial charge on any atom is 0.141 e. The first-order valence-electron chi connectivity index (χ1n) is 6.70. The van der Waals surface area contributed by atoms with Crippen LogP contribution in [0.3, 0.4) is 0 Å². The van der Waals surface area contributed by atoms with Crippen LogP contribution in [-0.4, -0.2) is 4.98 Å². The van der Waals surface area contributed by atoms with Crippen molar-refractivity contribution < 1.29 is 4.39 Å². The highest BCUT2D eigenvalue weighted by atomic mass is 35.5. The lowest BCUT2D eigenvalue weighted by atomic mass is 10.1. The van der Waals surface area contributed by atoms with Gasteiger partial charge in [0.05, 0.1) is 5.02 Å². The van der Waals surface area contributed by atoms with Gasteiger partial charge in [-0.05, 0) is 34.7 Å². The molecule has 0 bridgehead atoms. The van der Waals surface area contributed by atoms with Gasteiger partial charge in [-0.15, -0.1) is 0 Å². The lowest BCUT2D eigenvalue weighted by molar-refractivity contribution is 0.625. The first-order valence-corrected chi connectivity index (χ1v) is 7.08. The molecule has 4 heteroatoms. The van der Waals surface area contributed by atoms with Gasteiger partial charge in [0, 0.05) is 30.9 Å². The molecule has 3 aromatic rings. The van der Waals surface area contributed by atoms with Crippen molar-refractivity contribution in [3.63, 3.8) is 0 Å². The van der Waals surface area contributed by atoms with Gasteiger partial charge in [-0.1, -0.05) is 35.9 Å². The molecule has 0 aliphatic rings. The monoisotopic (exact) mass is 300 g/mol. The molecule has 0 atom stereocenters. The summed E-state index contributed by atoms with van der Waals surface area (Å²) >= 11 is 5.78. The first kappa shape index (κ1) is 14.0. The summed E-state index contributed by atoms with van der Waals surface area (Å²) in [6.07, 6.45) is 3.66. The molecule has 0 spiro atoms. The SMILES string of the molecule is Fc1ccc(CNCc2cccc3cnccc23)cc1Cl. The Bertz CT molecular complexity index is 768. The molecule has 0 radical (unpaired) electrons. The first-order chi connectivity index (χ1) is 10.2. The predicted octanol–water partition coefficient (Wildman–Crippen LogP) is 4.32. The Balaban J connectivity index is 1.70. The minimum Gasteiger partial charge on any atom is -0.309 e. The molecule has 0 aliphatic heterocycles. The van der Waals surface area contributed by atoms with Gasteiger partial charge >= 0.3 is 0 Å². The number of benzene rings is 2. The molecule has 3 rings (SSSR count). The number of halogens is 2. The number of nitrogens with zero attached hydrogens (tertiary/aromatic N) is 1. The molecule has 0 aliphatic carbocycles. The fourth-order valence-electron chi connectivity index (χ4n) is 2.33. The second-order valence-electron chi connectivity index (χ2n) is 4.87. The van der Waals surface area contributed by atoms with Crippen LogP contribution < -0.4 is 5.32 Å². The van der Waals surface area contributed by atoms with Crippen LogP contribution in [0.15, 0.2) is 54.9 Å². The van der Waals surface area contributed by atoms with Gasteiger partial charge in [-0.25, -0.2) is 4.39 Å². The van der Waals surface area contributed by atoms with E-state index in [1.165, 1.54) is 17.0 Å². The van der Waals surface area contributed by atoms with Crippen LogP contribution in [0, 0.1) is 5.82 Å². The zero-order valence-electron chi connectivity index (χ0n) is 11.3. The highest BCUT2D eigenvalue weighted by molar-refractivity contribution is 6.30. The second kappa shape index (κ2) is 6.20. The topological polar surface area (TPSA) is 24.9 Å². The number of rotatable bonds is 4. The van der Waals surface area contributed by atoms with Gasteiger partial charge in [0.15, 0.2) is 0 Å². The maximum atomic E-state index is 13.1. The lowest BCUT2D eigenvalue weighted by Gasteiger charge is -2.08. The maximum absolute atomic E-state index is 13.1. The van der Waals surface area contributed by atoms with Crippen molar-refractivity contribution in [3.8, 4) is 0 Å². The normalized spacial score (nSPS) is 11.0. The number of nitrogens with one attached hydrogen (secondary N) is 1. The summed E-state index contributed by atoms with van der Waals surface area (Å²) in [6, 6.07) is 13.0. The van der Waals surface area contributed by atoms with Crippen LogP contribution in [0.1, 0.15) is 11.1 Å². The smallest absolute Gasteiger partial charge is 0.141 e. The third kappa shape index (κ3) is 3.20. The van der Waals surface area contributed by atoms with E-state index >= 15 is 0 Å². The standard InChI is InChI=1S/C17H14ClFN2/c18-16-8-12(4-5-17(16)19)9-21-11-14-3-1-2-13-10-20-7-6-15(13)14/h1-8,10,21H,9,11H2.